The maximum Gasteiger partial charge on any atom is 0.235 e. The van der Waals surface area contributed by atoms with Crippen molar-refractivity contribution in [2.45, 2.75) is 31.0 Å². The number of ether oxygens (including phenoxy) is 1. The third-order valence-corrected chi connectivity index (χ3v) is 9.72. The molecular formula is C32H35N3O8. The minimum Gasteiger partial charge on any atom is -0.507 e. The second kappa shape index (κ2) is 10.7. The minimum atomic E-state index is -2.74. The Hall–Kier alpha value is -3.77. The topological polar surface area (TPSA) is 168 Å². The maximum atomic E-state index is 14.0. The van der Waals surface area contributed by atoms with E-state index in [0.717, 1.165) is 36.3 Å². The third-order valence-electron chi connectivity index (χ3n) is 9.72. The number of primary amides is 1. The lowest BCUT2D eigenvalue weighted by atomic mass is 9.52. The average Bonchev–Trinajstić information content (AvgIpc) is 2.96. The van der Waals surface area contributed by atoms with Crippen molar-refractivity contribution in [3.63, 3.8) is 0 Å². The molecule has 2 aromatic carbocycles. The quantitative estimate of drug-likeness (QED) is 0.415. The number of aromatic hydroxyl groups is 1. The Morgan fingerprint density at radius 3 is 2.35 bits per heavy atom. The summed E-state index contributed by atoms with van der Waals surface area (Å²) in [6.45, 7) is 3.92. The SMILES string of the molecule is CN(C)[C@@H]1C(=O)C(C(N)=O)C(=O)[C@@]2(O)C(=O)C3C(=O)c4c(O)ccc(-c5ccc(CN6CCOCC6)cc5)c4C[C@H]3C[C@@H]12. The summed E-state index contributed by atoms with van der Waals surface area (Å²) in [7, 11) is 3.13. The zero-order chi connectivity index (χ0) is 30.8. The van der Waals surface area contributed by atoms with Gasteiger partial charge in [0.05, 0.1) is 30.7 Å². The number of hydrogen-bond acceptors (Lipinski definition) is 10. The van der Waals surface area contributed by atoms with Crippen LogP contribution in [0.2, 0.25) is 0 Å². The molecule has 2 unspecified atom stereocenters. The van der Waals surface area contributed by atoms with E-state index in [1.54, 1.807) is 20.2 Å². The molecule has 3 aliphatic carbocycles. The third kappa shape index (κ3) is 4.53. The van der Waals surface area contributed by atoms with Gasteiger partial charge in [0, 0.05) is 25.6 Å². The van der Waals surface area contributed by atoms with Crippen LogP contribution in [-0.4, -0.2) is 101 Å². The van der Waals surface area contributed by atoms with Crippen molar-refractivity contribution >= 4 is 29.0 Å². The Balaban J connectivity index is 1.37. The fourth-order valence-corrected chi connectivity index (χ4v) is 7.68. The average molecular weight is 590 g/mol. The molecule has 6 rings (SSSR count). The standard InChI is InChI=1S/C32H35N3O8/c1-34(2)26-21-14-18-13-20-19(17-5-3-16(4-6-17)15-35-9-11-43-12-10-35)7-8-22(36)24(20)27(37)23(18)29(39)32(21,42)30(40)25(28(26)38)31(33)41/h3-8,18,21,23,25-26,36,42H,9-15H2,1-2H3,(H2,33,41)/t18-,21-,23?,25?,26-,32-/m0/s1. The molecule has 11 heteroatoms. The molecule has 1 saturated heterocycles. The van der Waals surface area contributed by atoms with E-state index < -0.39 is 64.4 Å². The molecule has 1 amide bonds. The highest BCUT2D eigenvalue weighted by Gasteiger charge is 2.69. The summed E-state index contributed by atoms with van der Waals surface area (Å²) in [5, 5.41) is 22.5. The molecule has 0 spiro atoms. The van der Waals surface area contributed by atoms with E-state index >= 15 is 0 Å². The van der Waals surface area contributed by atoms with Crippen LogP contribution in [0.5, 0.6) is 5.75 Å². The fourth-order valence-electron chi connectivity index (χ4n) is 7.68. The molecule has 226 valence electrons. The Kier molecular flexibility index (Phi) is 7.32. The van der Waals surface area contributed by atoms with Gasteiger partial charge in [0.15, 0.2) is 34.7 Å². The van der Waals surface area contributed by atoms with Crippen LogP contribution in [0.4, 0.5) is 0 Å². The Labute approximate surface area is 248 Å². The van der Waals surface area contributed by atoms with Crippen LogP contribution in [0.15, 0.2) is 36.4 Å². The number of phenols is 1. The molecule has 1 heterocycles. The molecule has 0 radical (unpaired) electrons. The number of benzene rings is 2. The van der Waals surface area contributed by atoms with Gasteiger partial charge in [-0.05, 0) is 61.2 Å². The van der Waals surface area contributed by atoms with Crippen LogP contribution in [0, 0.1) is 23.7 Å². The lowest BCUT2D eigenvalue weighted by Crippen LogP contribution is -2.74. The van der Waals surface area contributed by atoms with Crippen molar-refractivity contribution < 1.29 is 38.9 Å². The number of carbonyl (C=O) groups is 5. The summed E-state index contributed by atoms with van der Waals surface area (Å²) in [4.78, 5) is 70.6. The number of ketones is 4. The first-order chi connectivity index (χ1) is 20.4. The van der Waals surface area contributed by atoms with E-state index in [-0.39, 0.29) is 24.2 Å². The molecule has 1 aliphatic heterocycles. The zero-order valence-electron chi connectivity index (χ0n) is 24.1. The first kappa shape index (κ1) is 29.3. The second-order valence-corrected chi connectivity index (χ2v) is 12.4. The molecule has 43 heavy (non-hydrogen) atoms. The number of nitrogens with zero attached hydrogens (tertiary/aromatic N) is 2. The van der Waals surface area contributed by atoms with Crippen LogP contribution in [0.25, 0.3) is 11.1 Å². The minimum absolute atomic E-state index is 0.0114. The van der Waals surface area contributed by atoms with Gasteiger partial charge < -0.3 is 20.7 Å². The van der Waals surface area contributed by atoms with E-state index in [0.29, 0.717) is 18.8 Å². The van der Waals surface area contributed by atoms with Gasteiger partial charge in [-0.25, -0.2) is 0 Å². The van der Waals surface area contributed by atoms with Crippen molar-refractivity contribution in [2.24, 2.45) is 29.4 Å². The van der Waals surface area contributed by atoms with Crippen LogP contribution in [0.3, 0.4) is 0 Å². The Bertz CT molecular complexity index is 1530. The molecule has 0 bridgehead atoms. The summed E-state index contributed by atoms with van der Waals surface area (Å²) in [5.74, 6) is -10.5. The lowest BCUT2D eigenvalue weighted by Gasteiger charge is -2.52. The van der Waals surface area contributed by atoms with Gasteiger partial charge in [0.25, 0.3) is 0 Å². The molecule has 4 aliphatic rings. The summed E-state index contributed by atoms with van der Waals surface area (Å²) in [6, 6.07) is 10.0. The smallest absolute Gasteiger partial charge is 0.235 e. The van der Waals surface area contributed by atoms with Crippen LogP contribution >= 0.6 is 0 Å². The highest BCUT2D eigenvalue weighted by atomic mass is 16.5. The number of hydrogen-bond donors (Lipinski definition) is 3. The van der Waals surface area contributed by atoms with Gasteiger partial charge in [-0.1, -0.05) is 30.3 Å². The predicted molar refractivity (Wildman–Crippen MR) is 153 cm³/mol. The van der Waals surface area contributed by atoms with Crippen molar-refractivity contribution in [3.8, 4) is 16.9 Å². The number of Topliss-reactive ketones (excluding diaryl/α,β-unsaturated/α-hetero) is 4. The van der Waals surface area contributed by atoms with Gasteiger partial charge in [-0.2, -0.15) is 0 Å². The number of likely N-dealkylation sites (N-methyl/N-ethyl adjacent to an activating group) is 1. The Morgan fingerprint density at radius 2 is 1.72 bits per heavy atom. The van der Waals surface area contributed by atoms with Crippen LogP contribution in [-0.2, 0) is 36.9 Å². The number of rotatable bonds is 5. The molecule has 11 nitrogen and oxygen atoms in total. The van der Waals surface area contributed by atoms with Gasteiger partial charge in [-0.15, -0.1) is 0 Å². The molecular weight excluding hydrogens is 554 g/mol. The Morgan fingerprint density at radius 1 is 1.05 bits per heavy atom. The molecule has 2 saturated carbocycles. The second-order valence-electron chi connectivity index (χ2n) is 12.4. The molecule has 0 aromatic heterocycles. The van der Waals surface area contributed by atoms with Gasteiger partial charge in [0.2, 0.25) is 5.91 Å². The van der Waals surface area contributed by atoms with E-state index in [2.05, 4.69) is 4.90 Å². The maximum absolute atomic E-state index is 14.0. The summed E-state index contributed by atoms with van der Waals surface area (Å²) >= 11 is 0. The van der Waals surface area contributed by atoms with E-state index in [1.807, 2.05) is 24.3 Å². The van der Waals surface area contributed by atoms with Crippen molar-refractivity contribution in [1.29, 1.82) is 0 Å². The van der Waals surface area contributed by atoms with Crippen LogP contribution in [0.1, 0.15) is 27.9 Å². The zero-order valence-corrected chi connectivity index (χ0v) is 24.1. The number of aliphatic hydroxyl groups is 1. The molecule has 2 aromatic rings. The van der Waals surface area contributed by atoms with Crippen molar-refractivity contribution in [3.05, 3.63) is 53.1 Å². The molecule has 3 fully saturated rings. The van der Waals surface area contributed by atoms with E-state index in [9.17, 15) is 34.2 Å². The van der Waals surface area contributed by atoms with Crippen LogP contribution < -0.4 is 5.73 Å². The van der Waals surface area contributed by atoms with Crippen molar-refractivity contribution in [2.75, 3.05) is 40.4 Å². The first-order valence-electron chi connectivity index (χ1n) is 14.5. The number of phenolic OH excluding ortho intramolecular Hbond substituents is 1. The van der Waals surface area contributed by atoms with Gasteiger partial charge >= 0.3 is 0 Å². The molecule has 4 N–H and O–H groups in total. The highest BCUT2D eigenvalue weighted by molar-refractivity contribution is 6.32. The normalized spacial score (nSPS) is 31.0. The van der Waals surface area contributed by atoms with Gasteiger partial charge in [-0.3, -0.25) is 33.8 Å². The number of carbonyl (C=O) groups excluding carboxylic acids is 5. The largest absolute Gasteiger partial charge is 0.507 e. The lowest BCUT2D eigenvalue weighted by molar-refractivity contribution is -0.181. The van der Waals surface area contributed by atoms with Gasteiger partial charge in [0.1, 0.15) is 5.75 Å². The number of morpholine rings is 1. The fraction of sp³-hybridized carbons (Fsp3) is 0.469. The van der Waals surface area contributed by atoms with E-state index in [4.69, 9.17) is 10.5 Å². The summed E-state index contributed by atoms with van der Waals surface area (Å²) in [5.41, 5.74) is 5.91. The summed E-state index contributed by atoms with van der Waals surface area (Å²) < 4.78 is 5.43. The predicted octanol–water partition coefficient (Wildman–Crippen LogP) is 0.366. The molecule has 6 atom stereocenters. The highest BCUT2D eigenvalue weighted by Crippen LogP contribution is 2.51. The number of nitrogens with two attached hydrogens (primary N) is 1. The summed E-state index contributed by atoms with van der Waals surface area (Å²) in [6.07, 6.45) is 0.225. The number of fused-ring (bicyclic) bond motifs is 3. The monoisotopic (exact) mass is 589 g/mol. The van der Waals surface area contributed by atoms with Crippen molar-refractivity contribution in [1.82, 2.24) is 9.80 Å². The number of amides is 1. The first-order valence-corrected chi connectivity index (χ1v) is 14.5. The van der Waals surface area contributed by atoms with E-state index in [1.165, 1.54) is 11.0 Å².